The number of rotatable bonds is 6. The molecule has 1 saturated heterocycles. The standard InChI is InChI=1S/C29H29F3N4O/c1-2-34-15-17-35(18-16-34)27(37)14-12-25-28(21-7-4-3-5-8-21)33-26-13-11-23(20-36(25)26)22-9-6-10-24(19-22)29(30,31)32/h3-11,13,19-20H,2,12,14-18H2,1H3. The highest BCUT2D eigenvalue weighted by Crippen LogP contribution is 2.33. The lowest BCUT2D eigenvalue weighted by Gasteiger charge is -2.34. The number of hydrogen-bond donors (Lipinski definition) is 0. The van der Waals surface area contributed by atoms with Crippen LogP contribution in [0.1, 0.15) is 24.6 Å². The van der Waals surface area contributed by atoms with E-state index >= 15 is 0 Å². The molecule has 0 bridgehead atoms. The van der Waals surface area contributed by atoms with Gasteiger partial charge >= 0.3 is 6.18 Å². The van der Waals surface area contributed by atoms with Crippen LogP contribution in [-0.2, 0) is 17.4 Å². The number of piperazine rings is 1. The van der Waals surface area contributed by atoms with Gasteiger partial charge in [-0.3, -0.25) is 4.79 Å². The summed E-state index contributed by atoms with van der Waals surface area (Å²) in [5.74, 6) is 0.110. The summed E-state index contributed by atoms with van der Waals surface area (Å²) in [6.45, 7) is 6.33. The topological polar surface area (TPSA) is 40.8 Å². The number of fused-ring (bicyclic) bond motifs is 1. The molecular weight excluding hydrogens is 477 g/mol. The Balaban J connectivity index is 1.49. The maximum atomic E-state index is 13.3. The minimum Gasteiger partial charge on any atom is -0.340 e. The zero-order chi connectivity index (χ0) is 26.0. The first kappa shape index (κ1) is 25.0. The van der Waals surface area contributed by atoms with E-state index < -0.39 is 11.7 Å². The zero-order valence-electron chi connectivity index (χ0n) is 20.7. The van der Waals surface area contributed by atoms with Gasteiger partial charge in [0.15, 0.2) is 0 Å². The summed E-state index contributed by atoms with van der Waals surface area (Å²) >= 11 is 0. The van der Waals surface area contributed by atoms with Crippen molar-refractivity contribution in [2.75, 3.05) is 32.7 Å². The number of aryl methyl sites for hydroxylation is 1. The molecule has 1 fully saturated rings. The fraction of sp³-hybridized carbons (Fsp3) is 0.310. The summed E-state index contributed by atoms with van der Waals surface area (Å²) in [6, 6.07) is 18.7. The van der Waals surface area contributed by atoms with E-state index in [1.807, 2.05) is 51.9 Å². The highest BCUT2D eigenvalue weighted by molar-refractivity contribution is 5.77. The van der Waals surface area contributed by atoms with Gasteiger partial charge in [0.05, 0.1) is 17.0 Å². The van der Waals surface area contributed by atoms with Crippen LogP contribution in [0.3, 0.4) is 0 Å². The lowest BCUT2D eigenvalue weighted by Crippen LogP contribution is -2.48. The van der Waals surface area contributed by atoms with Gasteiger partial charge in [0, 0.05) is 44.4 Å². The number of alkyl halides is 3. The van der Waals surface area contributed by atoms with Crippen molar-refractivity contribution in [2.24, 2.45) is 0 Å². The summed E-state index contributed by atoms with van der Waals surface area (Å²) in [6.07, 6.45) is -1.77. The molecule has 5 nitrogen and oxygen atoms in total. The Kier molecular flexibility index (Phi) is 7.02. The lowest BCUT2D eigenvalue weighted by molar-refractivity contribution is -0.137. The van der Waals surface area contributed by atoms with Crippen LogP contribution in [0, 0.1) is 0 Å². The minimum absolute atomic E-state index is 0.110. The molecule has 192 valence electrons. The van der Waals surface area contributed by atoms with Crippen LogP contribution in [0.4, 0.5) is 13.2 Å². The van der Waals surface area contributed by atoms with Gasteiger partial charge in [-0.05, 0) is 48.4 Å². The highest BCUT2D eigenvalue weighted by atomic mass is 19.4. The van der Waals surface area contributed by atoms with Crippen LogP contribution in [0.5, 0.6) is 0 Å². The summed E-state index contributed by atoms with van der Waals surface area (Å²) < 4.78 is 41.8. The number of aromatic nitrogens is 2. The number of carbonyl (C=O) groups excluding carboxylic acids is 1. The Morgan fingerprint density at radius 3 is 2.32 bits per heavy atom. The average molecular weight is 507 g/mol. The Hall–Kier alpha value is -3.65. The molecule has 1 aliphatic rings. The van der Waals surface area contributed by atoms with Gasteiger partial charge in [-0.1, -0.05) is 49.4 Å². The number of halogens is 3. The number of nitrogens with zero attached hydrogens (tertiary/aromatic N) is 4. The number of amides is 1. The molecule has 0 saturated carbocycles. The zero-order valence-corrected chi connectivity index (χ0v) is 20.7. The van der Waals surface area contributed by atoms with E-state index in [-0.39, 0.29) is 5.91 Å². The minimum atomic E-state index is -4.41. The number of imidazole rings is 1. The van der Waals surface area contributed by atoms with Crippen LogP contribution in [-0.4, -0.2) is 57.8 Å². The van der Waals surface area contributed by atoms with Gasteiger partial charge in [-0.25, -0.2) is 4.98 Å². The van der Waals surface area contributed by atoms with Crippen LogP contribution in [0.2, 0.25) is 0 Å². The third kappa shape index (κ3) is 5.39. The Bertz CT molecular complexity index is 1390. The smallest absolute Gasteiger partial charge is 0.340 e. The SMILES string of the molecule is CCN1CCN(C(=O)CCc2c(-c3ccccc3)nc3ccc(-c4cccc(C(F)(F)F)c4)cn23)CC1. The van der Waals surface area contributed by atoms with Gasteiger partial charge in [-0.15, -0.1) is 0 Å². The second-order valence-electron chi connectivity index (χ2n) is 9.31. The average Bonchev–Trinajstić information content (AvgIpc) is 3.29. The first-order valence-electron chi connectivity index (χ1n) is 12.6. The highest BCUT2D eigenvalue weighted by Gasteiger charge is 2.30. The van der Waals surface area contributed by atoms with Crippen molar-refractivity contribution in [2.45, 2.75) is 25.9 Å². The lowest BCUT2D eigenvalue weighted by atomic mass is 10.0. The van der Waals surface area contributed by atoms with Crippen molar-refractivity contribution in [3.8, 4) is 22.4 Å². The first-order chi connectivity index (χ1) is 17.8. The fourth-order valence-electron chi connectivity index (χ4n) is 4.90. The quantitative estimate of drug-likeness (QED) is 0.333. The molecule has 0 N–H and O–H groups in total. The third-order valence-electron chi connectivity index (χ3n) is 7.04. The molecule has 8 heteroatoms. The third-order valence-corrected chi connectivity index (χ3v) is 7.04. The first-order valence-corrected chi connectivity index (χ1v) is 12.6. The molecule has 1 aliphatic heterocycles. The van der Waals surface area contributed by atoms with Crippen LogP contribution < -0.4 is 0 Å². The Morgan fingerprint density at radius 1 is 0.892 bits per heavy atom. The molecule has 2 aromatic carbocycles. The molecule has 0 unspecified atom stereocenters. The van der Waals surface area contributed by atoms with E-state index in [4.69, 9.17) is 4.98 Å². The van der Waals surface area contributed by atoms with Crippen molar-refractivity contribution < 1.29 is 18.0 Å². The van der Waals surface area contributed by atoms with Crippen molar-refractivity contribution in [3.05, 3.63) is 84.2 Å². The largest absolute Gasteiger partial charge is 0.416 e. The monoisotopic (exact) mass is 506 g/mol. The Labute approximate surface area is 214 Å². The molecule has 2 aromatic heterocycles. The number of benzene rings is 2. The maximum Gasteiger partial charge on any atom is 0.416 e. The number of pyridine rings is 1. The molecule has 37 heavy (non-hydrogen) atoms. The van der Waals surface area contributed by atoms with Gasteiger partial charge < -0.3 is 14.2 Å². The maximum absolute atomic E-state index is 13.3. The van der Waals surface area contributed by atoms with Crippen molar-refractivity contribution in [1.82, 2.24) is 19.2 Å². The van der Waals surface area contributed by atoms with Gasteiger partial charge in [0.25, 0.3) is 0 Å². The second-order valence-corrected chi connectivity index (χ2v) is 9.31. The number of carbonyl (C=O) groups is 1. The van der Waals surface area contributed by atoms with Crippen molar-refractivity contribution in [1.29, 1.82) is 0 Å². The molecule has 5 rings (SSSR count). The van der Waals surface area contributed by atoms with E-state index in [9.17, 15) is 18.0 Å². The molecule has 0 radical (unpaired) electrons. The molecule has 1 amide bonds. The van der Waals surface area contributed by atoms with E-state index in [2.05, 4.69) is 11.8 Å². The predicted octanol–water partition coefficient (Wildman–Crippen LogP) is 5.78. The fourth-order valence-corrected chi connectivity index (χ4v) is 4.90. The van der Waals surface area contributed by atoms with E-state index in [0.717, 1.165) is 61.8 Å². The molecule has 0 aliphatic carbocycles. The van der Waals surface area contributed by atoms with Crippen molar-refractivity contribution >= 4 is 11.6 Å². The van der Waals surface area contributed by atoms with Gasteiger partial charge in [0.1, 0.15) is 5.65 Å². The second kappa shape index (κ2) is 10.4. The summed E-state index contributed by atoms with van der Waals surface area (Å²) in [5.41, 5.74) is 3.72. The van der Waals surface area contributed by atoms with Crippen LogP contribution in [0.25, 0.3) is 28.0 Å². The predicted molar refractivity (Wildman–Crippen MR) is 138 cm³/mol. The normalized spacial score (nSPS) is 14.9. The van der Waals surface area contributed by atoms with Crippen LogP contribution >= 0.6 is 0 Å². The summed E-state index contributed by atoms with van der Waals surface area (Å²) in [7, 11) is 0. The molecular formula is C29H29F3N4O. The molecule has 3 heterocycles. The van der Waals surface area contributed by atoms with E-state index in [1.54, 1.807) is 12.1 Å². The number of hydrogen-bond acceptors (Lipinski definition) is 3. The van der Waals surface area contributed by atoms with Gasteiger partial charge in [0.2, 0.25) is 5.91 Å². The number of likely N-dealkylation sites (N-methyl/N-ethyl adjacent to an activating group) is 1. The van der Waals surface area contributed by atoms with Crippen molar-refractivity contribution in [3.63, 3.8) is 0 Å². The van der Waals surface area contributed by atoms with E-state index in [0.29, 0.717) is 29.6 Å². The van der Waals surface area contributed by atoms with Gasteiger partial charge in [-0.2, -0.15) is 13.2 Å². The van der Waals surface area contributed by atoms with Crippen LogP contribution in [0.15, 0.2) is 72.9 Å². The molecule has 4 aromatic rings. The Morgan fingerprint density at radius 2 is 1.62 bits per heavy atom. The molecule has 0 atom stereocenters. The molecule has 0 spiro atoms. The summed E-state index contributed by atoms with van der Waals surface area (Å²) in [4.78, 5) is 22.2. The summed E-state index contributed by atoms with van der Waals surface area (Å²) in [5, 5.41) is 0. The van der Waals surface area contributed by atoms with E-state index in [1.165, 1.54) is 6.07 Å².